The lowest BCUT2D eigenvalue weighted by molar-refractivity contribution is 0.100. The van der Waals surface area contributed by atoms with Gasteiger partial charge in [0.2, 0.25) is 0 Å². The lowest BCUT2D eigenvalue weighted by Gasteiger charge is -2.28. The number of aromatic nitrogens is 1. The van der Waals surface area contributed by atoms with E-state index < -0.39 is 5.91 Å². The molecule has 0 unspecified atom stereocenters. The van der Waals surface area contributed by atoms with Crippen LogP contribution in [0.25, 0.3) is 0 Å². The summed E-state index contributed by atoms with van der Waals surface area (Å²) in [4.78, 5) is 18.5. The fourth-order valence-electron chi connectivity index (χ4n) is 3.59. The summed E-state index contributed by atoms with van der Waals surface area (Å²) in [5.74, 6) is 0.123. The molecule has 31 heavy (non-hydrogen) atoms. The van der Waals surface area contributed by atoms with Crippen molar-refractivity contribution in [2.45, 2.75) is 13.5 Å². The Balaban J connectivity index is 1.48. The standard InChI is InChI=1S/C24H27N5O2/c1-17-4-2-3-5-18(17)15-26-22-14-23(27-16-21(22)24(25)30)28-19-6-8-20(9-7-19)29-10-12-31-13-11-29/h2-9,14,16H,10-13,15H2,1H3,(H2,25,30)(H2,26,27,28). The molecule has 160 valence electrons. The molecule has 1 saturated heterocycles. The molecule has 2 heterocycles. The van der Waals surface area contributed by atoms with Gasteiger partial charge in [0, 0.05) is 43.3 Å². The first-order valence-corrected chi connectivity index (χ1v) is 10.4. The second-order valence-electron chi connectivity index (χ2n) is 7.53. The molecule has 1 aliphatic heterocycles. The first-order chi connectivity index (χ1) is 15.1. The Bertz CT molecular complexity index is 1050. The molecule has 2 aromatic carbocycles. The molecule has 7 heteroatoms. The summed E-state index contributed by atoms with van der Waals surface area (Å²) in [7, 11) is 0. The number of hydrogen-bond acceptors (Lipinski definition) is 6. The van der Waals surface area contributed by atoms with Gasteiger partial charge in [0.05, 0.1) is 24.5 Å². The fourth-order valence-corrected chi connectivity index (χ4v) is 3.59. The van der Waals surface area contributed by atoms with Crippen molar-refractivity contribution >= 4 is 28.8 Å². The van der Waals surface area contributed by atoms with E-state index >= 15 is 0 Å². The van der Waals surface area contributed by atoms with Crippen LogP contribution in [0.4, 0.5) is 22.9 Å². The van der Waals surface area contributed by atoms with Crippen LogP contribution in [-0.2, 0) is 11.3 Å². The molecule has 0 atom stereocenters. The number of rotatable bonds is 7. The number of nitrogens with two attached hydrogens (primary N) is 1. The van der Waals surface area contributed by atoms with E-state index in [1.807, 2.05) is 30.3 Å². The van der Waals surface area contributed by atoms with Crippen LogP contribution in [0.3, 0.4) is 0 Å². The highest BCUT2D eigenvalue weighted by Gasteiger charge is 2.13. The normalized spacial score (nSPS) is 13.6. The summed E-state index contributed by atoms with van der Waals surface area (Å²) in [6, 6.07) is 18.2. The van der Waals surface area contributed by atoms with Crippen LogP contribution in [0.2, 0.25) is 0 Å². The van der Waals surface area contributed by atoms with Crippen molar-refractivity contribution in [3.8, 4) is 0 Å². The topological polar surface area (TPSA) is 92.5 Å². The zero-order chi connectivity index (χ0) is 21.6. The highest BCUT2D eigenvalue weighted by Crippen LogP contribution is 2.24. The lowest BCUT2D eigenvalue weighted by Crippen LogP contribution is -2.36. The van der Waals surface area contributed by atoms with Gasteiger partial charge in [0.1, 0.15) is 5.82 Å². The Morgan fingerprint density at radius 1 is 1.13 bits per heavy atom. The largest absolute Gasteiger partial charge is 0.380 e. The summed E-state index contributed by atoms with van der Waals surface area (Å²) in [5, 5.41) is 6.63. The van der Waals surface area contributed by atoms with E-state index in [1.54, 1.807) is 0 Å². The summed E-state index contributed by atoms with van der Waals surface area (Å²) in [5.41, 5.74) is 11.0. The third kappa shape index (κ3) is 5.13. The number of hydrogen-bond donors (Lipinski definition) is 3. The van der Waals surface area contributed by atoms with Crippen molar-refractivity contribution in [2.24, 2.45) is 5.73 Å². The minimum absolute atomic E-state index is 0.363. The Morgan fingerprint density at radius 2 is 1.87 bits per heavy atom. The van der Waals surface area contributed by atoms with Crippen molar-refractivity contribution in [1.29, 1.82) is 0 Å². The minimum Gasteiger partial charge on any atom is -0.380 e. The zero-order valence-corrected chi connectivity index (χ0v) is 17.6. The van der Waals surface area contributed by atoms with Crippen LogP contribution in [-0.4, -0.2) is 37.2 Å². The predicted molar refractivity (Wildman–Crippen MR) is 124 cm³/mol. The maximum absolute atomic E-state index is 11.9. The van der Waals surface area contributed by atoms with E-state index in [2.05, 4.69) is 51.7 Å². The van der Waals surface area contributed by atoms with Crippen molar-refractivity contribution < 1.29 is 9.53 Å². The molecular formula is C24H27N5O2. The molecule has 1 fully saturated rings. The SMILES string of the molecule is Cc1ccccc1CNc1cc(Nc2ccc(N3CCOCC3)cc2)ncc1C(N)=O. The van der Waals surface area contributed by atoms with Gasteiger partial charge in [0.25, 0.3) is 5.91 Å². The van der Waals surface area contributed by atoms with E-state index in [4.69, 9.17) is 10.5 Å². The quantitative estimate of drug-likeness (QED) is 0.543. The van der Waals surface area contributed by atoms with Gasteiger partial charge in [-0.15, -0.1) is 0 Å². The third-order valence-electron chi connectivity index (χ3n) is 5.42. The molecule has 1 amide bonds. The van der Waals surface area contributed by atoms with Gasteiger partial charge >= 0.3 is 0 Å². The molecule has 4 rings (SSSR count). The minimum atomic E-state index is -0.513. The van der Waals surface area contributed by atoms with E-state index in [9.17, 15) is 4.79 Å². The number of carbonyl (C=O) groups is 1. The Kier molecular flexibility index (Phi) is 6.33. The number of nitrogens with zero attached hydrogens (tertiary/aromatic N) is 2. The number of benzene rings is 2. The molecular weight excluding hydrogens is 390 g/mol. The molecule has 3 aromatic rings. The van der Waals surface area contributed by atoms with Gasteiger partial charge in [-0.2, -0.15) is 0 Å². The van der Waals surface area contributed by atoms with Crippen molar-refractivity contribution in [2.75, 3.05) is 41.8 Å². The van der Waals surface area contributed by atoms with E-state index in [0.717, 1.165) is 37.6 Å². The number of anilines is 4. The van der Waals surface area contributed by atoms with Crippen LogP contribution in [0, 0.1) is 6.92 Å². The van der Waals surface area contributed by atoms with E-state index in [1.165, 1.54) is 17.4 Å². The van der Waals surface area contributed by atoms with Crippen LogP contribution in [0.1, 0.15) is 21.5 Å². The summed E-state index contributed by atoms with van der Waals surface area (Å²) in [6.45, 7) is 5.97. The van der Waals surface area contributed by atoms with Crippen LogP contribution >= 0.6 is 0 Å². The van der Waals surface area contributed by atoms with Crippen molar-refractivity contribution in [3.05, 3.63) is 77.5 Å². The number of amides is 1. The number of primary amides is 1. The molecule has 0 aliphatic carbocycles. The first-order valence-electron chi connectivity index (χ1n) is 10.4. The number of ether oxygens (including phenoxy) is 1. The van der Waals surface area contributed by atoms with Gasteiger partial charge in [-0.1, -0.05) is 24.3 Å². The van der Waals surface area contributed by atoms with Gasteiger partial charge in [-0.05, 0) is 42.3 Å². The van der Waals surface area contributed by atoms with Gasteiger partial charge in [0.15, 0.2) is 0 Å². The Labute approximate surface area is 182 Å². The summed E-state index contributed by atoms with van der Waals surface area (Å²) >= 11 is 0. The second kappa shape index (κ2) is 9.49. The maximum atomic E-state index is 11.9. The average molecular weight is 418 g/mol. The van der Waals surface area contributed by atoms with Gasteiger partial charge in [-0.3, -0.25) is 4.79 Å². The second-order valence-corrected chi connectivity index (χ2v) is 7.53. The summed E-state index contributed by atoms with van der Waals surface area (Å²) in [6.07, 6.45) is 1.51. The molecule has 1 aromatic heterocycles. The third-order valence-corrected chi connectivity index (χ3v) is 5.42. The number of pyridine rings is 1. The van der Waals surface area contributed by atoms with Crippen molar-refractivity contribution in [3.63, 3.8) is 0 Å². The number of nitrogens with one attached hydrogen (secondary N) is 2. The Morgan fingerprint density at radius 3 is 2.58 bits per heavy atom. The van der Waals surface area contributed by atoms with E-state index in [-0.39, 0.29) is 0 Å². The molecule has 7 nitrogen and oxygen atoms in total. The molecule has 0 saturated carbocycles. The molecule has 0 radical (unpaired) electrons. The lowest BCUT2D eigenvalue weighted by atomic mass is 10.1. The monoisotopic (exact) mass is 417 g/mol. The van der Waals surface area contributed by atoms with Crippen LogP contribution in [0.15, 0.2) is 60.8 Å². The molecule has 0 spiro atoms. The smallest absolute Gasteiger partial charge is 0.252 e. The first kappa shape index (κ1) is 20.7. The average Bonchev–Trinajstić information content (AvgIpc) is 2.79. The highest BCUT2D eigenvalue weighted by atomic mass is 16.5. The maximum Gasteiger partial charge on any atom is 0.252 e. The van der Waals surface area contributed by atoms with Crippen molar-refractivity contribution in [1.82, 2.24) is 4.98 Å². The van der Waals surface area contributed by atoms with Crippen LogP contribution in [0.5, 0.6) is 0 Å². The highest BCUT2D eigenvalue weighted by molar-refractivity contribution is 5.98. The molecule has 4 N–H and O–H groups in total. The number of morpholine rings is 1. The van der Waals surface area contributed by atoms with Crippen LogP contribution < -0.4 is 21.3 Å². The summed E-state index contributed by atoms with van der Waals surface area (Å²) < 4.78 is 5.42. The Hall–Kier alpha value is -3.58. The number of aryl methyl sites for hydroxylation is 1. The molecule has 1 aliphatic rings. The van der Waals surface area contributed by atoms with Gasteiger partial charge in [-0.25, -0.2) is 4.98 Å². The number of carbonyl (C=O) groups excluding carboxylic acids is 1. The molecule has 0 bridgehead atoms. The zero-order valence-electron chi connectivity index (χ0n) is 17.6. The predicted octanol–water partition coefficient (Wildman–Crippen LogP) is 3.68. The van der Waals surface area contributed by atoms with E-state index in [0.29, 0.717) is 23.6 Å². The van der Waals surface area contributed by atoms with Gasteiger partial charge < -0.3 is 26.0 Å². The fraction of sp³-hybridized carbons (Fsp3) is 0.250.